The molecule has 0 saturated carbocycles. The quantitative estimate of drug-likeness (QED) is 0.166. The van der Waals surface area contributed by atoms with Crippen molar-refractivity contribution in [1.29, 1.82) is 0 Å². The summed E-state index contributed by atoms with van der Waals surface area (Å²) in [7, 11) is 7.42. The van der Waals surface area contributed by atoms with Crippen LogP contribution in [0.15, 0.2) is 41.5 Å². The lowest BCUT2D eigenvalue weighted by Crippen LogP contribution is -2.40. The number of carbonyl (C=O) groups excluding carboxylic acids is 2. The molecule has 0 fully saturated rings. The lowest BCUT2D eigenvalue weighted by Gasteiger charge is -2.30. The van der Waals surface area contributed by atoms with Gasteiger partial charge in [-0.25, -0.2) is 4.40 Å². The van der Waals surface area contributed by atoms with Gasteiger partial charge in [0.05, 0.1) is 37.0 Å². The molecule has 48 heavy (non-hydrogen) atoms. The zero-order chi connectivity index (χ0) is 34.5. The largest absolute Gasteiger partial charge is 0.349 e. The molecule has 0 saturated heterocycles. The SMILES string of the molecule is CCCCCn1c2cc(-c3cnn(Cc4ccc5c(c4)CCN(C(=O)CN(C)C)C5)c3)[nH]c2c(=O)n2c(C)nnc12.CN(C)CC(=O)Cl. The highest BCUT2D eigenvalue weighted by molar-refractivity contribution is 6.64. The average Bonchev–Trinajstić information content (AvgIpc) is 3.77. The van der Waals surface area contributed by atoms with E-state index < -0.39 is 0 Å². The van der Waals surface area contributed by atoms with Crippen molar-refractivity contribution in [2.24, 2.45) is 0 Å². The number of carbonyl (C=O) groups is 2. The topological polar surface area (TPSA) is 130 Å². The molecule has 0 aliphatic carbocycles. The van der Waals surface area contributed by atoms with E-state index in [0.29, 0.717) is 43.3 Å². The van der Waals surface area contributed by atoms with Crippen LogP contribution in [0.2, 0.25) is 0 Å². The molecule has 1 aliphatic rings. The minimum absolute atomic E-state index is 0.140. The first-order valence-electron chi connectivity index (χ1n) is 16.3. The average molecular weight is 677 g/mol. The van der Waals surface area contributed by atoms with E-state index >= 15 is 0 Å². The summed E-state index contributed by atoms with van der Waals surface area (Å²) < 4.78 is 5.61. The molecule has 0 radical (unpaired) electrons. The second-order valence-corrected chi connectivity index (χ2v) is 13.3. The van der Waals surface area contributed by atoms with Gasteiger partial charge in [-0.3, -0.25) is 19.1 Å². The van der Waals surface area contributed by atoms with Crippen molar-refractivity contribution in [3.05, 3.63) is 69.5 Å². The van der Waals surface area contributed by atoms with E-state index in [4.69, 9.17) is 11.6 Å². The lowest BCUT2D eigenvalue weighted by molar-refractivity contribution is -0.132. The van der Waals surface area contributed by atoms with E-state index in [9.17, 15) is 14.4 Å². The van der Waals surface area contributed by atoms with E-state index in [2.05, 4.69) is 50.0 Å². The number of unbranched alkanes of at least 4 members (excludes halogenated alkanes) is 2. The Kier molecular flexibility index (Phi) is 11.1. The number of fused-ring (bicyclic) bond motifs is 3. The van der Waals surface area contributed by atoms with Gasteiger partial charge in [-0.15, -0.1) is 10.2 Å². The van der Waals surface area contributed by atoms with Crippen molar-refractivity contribution in [2.75, 3.05) is 47.8 Å². The van der Waals surface area contributed by atoms with Gasteiger partial charge in [0, 0.05) is 31.4 Å². The van der Waals surface area contributed by atoms with E-state index in [1.807, 2.05) is 47.0 Å². The summed E-state index contributed by atoms with van der Waals surface area (Å²) in [5, 5.41) is 12.8. The number of nitrogens with zero attached hydrogens (tertiary/aromatic N) is 9. The number of hydrogen-bond donors (Lipinski definition) is 1. The first-order chi connectivity index (χ1) is 22.9. The maximum atomic E-state index is 13.4. The first-order valence-corrected chi connectivity index (χ1v) is 16.7. The standard InChI is InChI=1S/C30H37N9O2.C4H8ClNO/c1-5-6-7-11-38-26-14-25(32-28(26)29(41)39-20(2)33-34-30(38)39)24-15-31-37(18-24)16-21-8-9-23-17-36(12-10-22(23)13-21)27(40)19-35(3)4;1-6(2)3-4(5)7/h8-9,13-15,18,32H,5-7,10-12,16-17,19H2,1-4H3;3H2,1-2H3. The number of halogens is 1. The number of H-pyrrole nitrogens is 1. The summed E-state index contributed by atoms with van der Waals surface area (Å²) in [6.07, 6.45) is 7.92. The third-order valence-corrected chi connectivity index (χ3v) is 8.48. The van der Waals surface area contributed by atoms with Crippen LogP contribution in [0.1, 0.15) is 48.7 Å². The molecule has 4 aromatic heterocycles. The number of aromatic nitrogens is 7. The molecule has 14 heteroatoms. The number of hydrogen-bond acceptors (Lipinski definition) is 8. The molecule has 0 spiro atoms. The number of aryl methyl sites for hydroxylation is 2. The maximum Gasteiger partial charge on any atom is 0.284 e. The molecule has 1 aromatic carbocycles. The zero-order valence-corrected chi connectivity index (χ0v) is 29.4. The van der Waals surface area contributed by atoms with Crippen LogP contribution >= 0.6 is 11.6 Å². The predicted octanol–water partition coefficient (Wildman–Crippen LogP) is 3.54. The molecular formula is C34H45ClN10O3. The molecule has 1 N–H and O–H groups in total. The van der Waals surface area contributed by atoms with Gasteiger partial charge in [-0.05, 0) is 82.3 Å². The Labute approximate surface area is 285 Å². The first kappa shape index (κ1) is 35.0. The summed E-state index contributed by atoms with van der Waals surface area (Å²) in [5.74, 6) is 1.33. The van der Waals surface area contributed by atoms with Crippen molar-refractivity contribution in [2.45, 2.75) is 59.2 Å². The fourth-order valence-corrected chi connectivity index (χ4v) is 6.25. The number of benzene rings is 1. The molecule has 0 atom stereocenters. The van der Waals surface area contributed by atoms with Crippen molar-refractivity contribution in [3.8, 4) is 11.3 Å². The molecule has 5 aromatic rings. The maximum absolute atomic E-state index is 13.4. The molecule has 5 heterocycles. The van der Waals surface area contributed by atoms with Gasteiger partial charge in [-0.2, -0.15) is 5.10 Å². The van der Waals surface area contributed by atoms with E-state index in [-0.39, 0.29) is 16.7 Å². The number of nitrogens with one attached hydrogen (secondary N) is 1. The Morgan fingerprint density at radius 3 is 2.48 bits per heavy atom. The minimum atomic E-state index is -0.315. The molecule has 1 aliphatic heterocycles. The molecule has 0 bridgehead atoms. The highest BCUT2D eigenvalue weighted by Crippen LogP contribution is 2.25. The molecule has 1 amide bonds. The van der Waals surface area contributed by atoms with Crippen molar-refractivity contribution in [3.63, 3.8) is 0 Å². The highest BCUT2D eigenvalue weighted by atomic mass is 35.5. The van der Waals surface area contributed by atoms with Crippen molar-refractivity contribution < 1.29 is 9.59 Å². The van der Waals surface area contributed by atoms with Gasteiger partial charge in [0.15, 0.2) is 0 Å². The molecule has 256 valence electrons. The fraction of sp³-hybridized carbons (Fsp3) is 0.471. The number of aromatic amines is 1. The minimum Gasteiger partial charge on any atom is -0.349 e. The number of amides is 1. The van der Waals surface area contributed by atoms with Crippen LogP contribution in [0.3, 0.4) is 0 Å². The van der Waals surface area contributed by atoms with Gasteiger partial charge in [-0.1, -0.05) is 38.0 Å². The molecular weight excluding hydrogens is 632 g/mol. The van der Waals surface area contributed by atoms with Gasteiger partial charge < -0.3 is 24.3 Å². The Morgan fingerprint density at radius 1 is 1.02 bits per heavy atom. The summed E-state index contributed by atoms with van der Waals surface area (Å²) in [5.41, 5.74) is 6.69. The summed E-state index contributed by atoms with van der Waals surface area (Å²) in [4.78, 5) is 44.8. The van der Waals surface area contributed by atoms with E-state index in [1.165, 1.54) is 16.7 Å². The van der Waals surface area contributed by atoms with E-state index in [0.717, 1.165) is 55.5 Å². The van der Waals surface area contributed by atoms with Crippen LogP contribution in [0.25, 0.3) is 28.1 Å². The Hall–Kier alpha value is -4.33. The number of rotatable bonds is 11. The van der Waals surface area contributed by atoms with Gasteiger partial charge in [0.1, 0.15) is 11.3 Å². The third-order valence-electron chi connectivity index (χ3n) is 8.36. The van der Waals surface area contributed by atoms with Gasteiger partial charge in [0.2, 0.25) is 16.9 Å². The predicted molar refractivity (Wildman–Crippen MR) is 187 cm³/mol. The monoisotopic (exact) mass is 676 g/mol. The lowest BCUT2D eigenvalue weighted by atomic mass is 9.97. The van der Waals surface area contributed by atoms with Crippen LogP contribution in [0.4, 0.5) is 0 Å². The summed E-state index contributed by atoms with van der Waals surface area (Å²) in [6, 6.07) is 8.53. The van der Waals surface area contributed by atoms with Crippen molar-refractivity contribution in [1.82, 2.24) is 48.6 Å². The summed E-state index contributed by atoms with van der Waals surface area (Å²) in [6.45, 7) is 7.55. The van der Waals surface area contributed by atoms with Crippen LogP contribution in [0.5, 0.6) is 0 Å². The zero-order valence-electron chi connectivity index (χ0n) is 28.7. The van der Waals surface area contributed by atoms with Gasteiger partial charge in [0.25, 0.3) is 5.56 Å². The molecule has 0 unspecified atom stereocenters. The third kappa shape index (κ3) is 8.03. The number of likely N-dealkylation sites (N-methyl/N-ethyl adjacent to an activating group) is 2. The normalized spacial score (nSPS) is 13.0. The Bertz CT molecular complexity index is 1970. The fourth-order valence-electron chi connectivity index (χ4n) is 6.01. The van der Waals surface area contributed by atoms with Crippen LogP contribution in [0, 0.1) is 6.92 Å². The second-order valence-electron chi connectivity index (χ2n) is 12.9. The Morgan fingerprint density at radius 2 is 1.79 bits per heavy atom. The smallest absolute Gasteiger partial charge is 0.284 e. The molecule has 6 rings (SSSR count). The van der Waals surface area contributed by atoms with Crippen LogP contribution in [-0.4, -0.2) is 108 Å². The Balaban J connectivity index is 0.000000582. The van der Waals surface area contributed by atoms with Crippen LogP contribution in [-0.2, 0) is 35.6 Å². The van der Waals surface area contributed by atoms with Crippen molar-refractivity contribution >= 4 is 39.6 Å². The van der Waals surface area contributed by atoms with E-state index in [1.54, 1.807) is 30.3 Å². The van der Waals surface area contributed by atoms with Gasteiger partial charge >= 0.3 is 0 Å². The van der Waals surface area contributed by atoms with Crippen LogP contribution < -0.4 is 5.56 Å². The summed E-state index contributed by atoms with van der Waals surface area (Å²) >= 11 is 4.99. The molecule has 13 nitrogen and oxygen atoms in total. The second kappa shape index (κ2) is 15.3. The highest BCUT2D eigenvalue weighted by Gasteiger charge is 2.22.